The number of furan rings is 1. The van der Waals surface area contributed by atoms with E-state index in [0.29, 0.717) is 0 Å². The number of benzene rings is 7. The molecule has 2 heteroatoms. The van der Waals surface area contributed by atoms with Crippen molar-refractivity contribution in [1.82, 2.24) is 0 Å². The van der Waals surface area contributed by atoms with Gasteiger partial charge in [-0.05, 0) is 69.1 Å². The fraction of sp³-hybridized carbons (Fsp3) is 0.0698. The number of rotatable bonds is 4. The first kappa shape index (κ1) is 25.9. The molecule has 0 saturated carbocycles. The summed E-state index contributed by atoms with van der Waals surface area (Å²) in [6.07, 6.45) is 0. The lowest BCUT2D eigenvalue weighted by Crippen LogP contribution is -2.15. The molecule has 8 aromatic rings. The molecule has 0 radical (unpaired) electrons. The maximum atomic E-state index is 6.52. The molecule has 0 amide bonds. The minimum atomic E-state index is -0.0491. The van der Waals surface area contributed by atoms with E-state index < -0.39 is 0 Å². The molecule has 0 fully saturated rings. The number of hydrogen-bond acceptors (Lipinski definition) is 2. The smallest absolute Gasteiger partial charge is 0.138 e. The van der Waals surface area contributed by atoms with E-state index in [1.165, 1.54) is 44.2 Å². The number of fused-ring (bicyclic) bond motifs is 8. The van der Waals surface area contributed by atoms with Crippen LogP contribution in [-0.2, 0) is 5.41 Å². The largest absolute Gasteiger partial charge is 0.456 e. The molecule has 0 atom stereocenters. The predicted molar refractivity (Wildman–Crippen MR) is 189 cm³/mol. The summed E-state index contributed by atoms with van der Waals surface area (Å²) in [6.45, 7) is 4.67. The first-order chi connectivity index (χ1) is 22.1. The highest BCUT2D eigenvalue weighted by molar-refractivity contribution is 6.22. The van der Waals surface area contributed by atoms with Crippen molar-refractivity contribution in [3.63, 3.8) is 0 Å². The first-order valence-electron chi connectivity index (χ1n) is 15.6. The average Bonchev–Trinajstić information content (AvgIpc) is 3.58. The second-order valence-corrected chi connectivity index (χ2v) is 12.6. The Hall–Kier alpha value is -5.60. The van der Waals surface area contributed by atoms with E-state index in [2.05, 4.69) is 164 Å². The van der Waals surface area contributed by atoms with Crippen LogP contribution in [0.1, 0.15) is 25.0 Å². The third kappa shape index (κ3) is 3.89. The van der Waals surface area contributed by atoms with Crippen molar-refractivity contribution in [2.24, 2.45) is 0 Å². The Morgan fingerprint density at radius 1 is 0.467 bits per heavy atom. The third-order valence-electron chi connectivity index (χ3n) is 9.66. The third-order valence-corrected chi connectivity index (χ3v) is 9.66. The van der Waals surface area contributed by atoms with Crippen molar-refractivity contribution in [1.29, 1.82) is 0 Å². The Labute approximate surface area is 262 Å². The van der Waals surface area contributed by atoms with Gasteiger partial charge in [0.25, 0.3) is 0 Å². The standard InChI is InChI=1S/C43H31NO/c1-43(2)37-18-10-8-14-32(37)36-26-31(24-25-38(36)43)44(30-22-20-29(21-23-30)28-12-4-3-5-13-28)39-27-41-42(34-16-7-6-15-33(34)39)35-17-9-11-19-40(35)45-41/h3-27H,1-2H3. The molecule has 2 nitrogen and oxygen atoms in total. The summed E-state index contributed by atoms with van der Waals surface area (Å²) in [5.74, 6) is 0. The van der Waals surface area contributed by atoms with Gasteiger partial charge in [0.2, 0.25) is 0 Å². The Morgan fingerprint density at radius 2 is 1.09 bits per heavy atom. The van der Waals surface area contributed by atoms with Gasteiger partial charge in [0.15, 0.2) is 0 Å². The lowest BCUT2D eigenvalue weighted by Gasteiger charge is -2.28. The summed E-state index contributed by atoms with van der Waals surface area (Å²) < 4.78 is 6.52. The molecule has 0 aliphatic heterocycles. The molecule has 1 heterocycles. The summed E-state index contributed by atoms with van der Waals surface area (Å²) in [7, 11) is 0. The van der Waals surface area contributed by atoms with Crippen LogP contribution >= 0.6 is 0 Å². The van der Waals surface area contributed by atoms with Crippen molar-refractivity contribution in [2.45, 2.75) is 19.3 Å². The van der Waals surface area contributed by atoms with Crippen molar-refractivity contribution in [2.75, 3.05) is 4.90 Å². The van der Waals surface area contributed by atoms with Gasteiger partial charge < -0.3 is 9.32 Å². The molecule has 7 aromatic carbocycles. The predicted octanol–water partition coefficient (Wildman–Crippen LogP) is 12.2. The van der Waals surface area contributed by atoms with E-state index in [9.17, 15) is 0 Å². The van der Waals surface area contributed by atoms with Crippen molar-refractivity contribution in [3.8, 4) is 22.3 Å². The Morgan fingerprint density at radius 3 is 1.91 bits per heavy atom. The molecule has 45 heavy (non-hydrogen) atoms. The normalized spacial score (nSPS) is 13.3. The zero-order valence-corrected chi connectivity index (χ0v) is 25.3. The van der Waals surface area contributed by atoms with Gasteiger partial charge in [-0.1, -0.05) is 129 Å². The number of anilines is 3. The summed E-state index contributed by atoms with van der Waals surface area (Å²) in [5.41, 5.74) is 12.8. The molecule has 0 saturated heterocycles. The number of hydrogen-bond donors (Lipinski definition) is 0. The molecule has 1 aliphatic rings. The van der Waals surface area contributed by atoms with Crippen LogP contribution in [-0.4, -0.2) is 0 Å². The summed E-state index contributed by atoms with van der Waals surface area (Å²) in [5, 5.41) is 4.68. The fourth-order valence-corrected chi connectivity index (χ4v) is 7.46. The Balaban J connectivity index is 1.31. The highest BCUT2D eigenvalue weighted by Crippen LogP contribution is 2.51. The van der Waals surface area contributed by atoms with E-state index in [0.717, 1.165) is 39.0 Å². The first-order valence-corrected chi connectivity index (χ1v) is 15.6. The SMILES string of the molecule is CC1(C)c2ccccc2-c2cc(N(c3ccc(-c4ccccc4)cc3)c3cc4oc5ccccc5c4c4ccccc34)ccc21. The van der Waals surface area contributed by atoms with E-state index in [1.54, 1.807) is 0 Å². The number of para-hydroxylation sites is 1. The molecular weight excluding hydrogens is 546 g/mol. The molecule has 0 spiro atoms. The highest BCUT2D eigenvalue weighted by atomic mass is 16.3. The van der Waals surface area contributed by atoms with Crippen LogP contribution < -0.4 is 4.90 Å². The Kier molecular flexibility index (Phi) is 5.58. The molecule has 1 aliphatic carbocycles. The van der Waals surface area contributed by atoms with Gasteiger partial charge in [-0.15, -0.1) is 0 Å². The molecule has 0 N–H and O–H groups in total. The van der Waals surface area contributed by atoms with Crippen LogP contribution in [0.5, 0.6) is 0 Å². The van der Waals surface area contributed by atoms with E-state index in [1.807, 2.05) is 6.07 Å². The van der Waals surface area contributed by atoms with Crippen LogP contribution in [0.3, 0.4) is 0 Å². The van der Waals surface area contributed by atoms with Crippen LogP contribution in [0, 0.1) is 0 Å². The van der Waals surface area contributed by atoms with Crippen LogP contribution in [0.2, 0.25) is 0 Å². The van der Waals surface area contributed by atoms with Crippen molar-refractivity contribution < 1.29 is 4.42 Å². The Bertz CT molecular complexity index is 2400. The fourth-order valence-electron chi connectivity index (χ4n) is 7.46. The summed E-state index contributed by atoms with van der Waals surface area (Å²) >= 11 is 0. The van der Waals surface area contributed by atoms with Gasteiger partial charge in [-0.3, -0.25) is 0 Å². The monoisotopic (exact) mass is 577 g/mol. The van der Waals surface area contributed by atoms with Gasteiger partial charge >= 0.3 is 0 Å². The molecule has 214 valence electrons. The van der Waals surface area contributed by atoms with Crippen LogP contribution in [0.25, 0.3) is 55.0 Å². The van der Waals surface area contributed by atoms with Crippen LogP contribution in [0.4, 0.5) is 17.1 Å². The zero-order chi connectivity index (χ0) is 30.1. The number of nitrogens with zero attached hydrogens (tertiary/aromatic N) is 1. The van der Waals surface area contributed by atoms with Gasteiger partial charge in [0, 0.05) is 39.0 Å². The van der Waals surface area contributed by atoms with E-state index in [4.69, 9.17) is 4.42 Å². The molecule has 0 bridgehead atoms. The topological polar surface area (TPSA) is 16.4 Å². The van der Waals surface area contributed by atoms with E-state index in [-0.39, 0.29) is 5.41 Å². The summed E-state index contributed by atoms with van der Waals surface area (Å²) in [4.78, 5) is 2.40. The van der Waals surface area contributed by atoms with E-state index >= 15 is 0 Å². The van der Waals surface area contributed by atoms with Gasteiger partial charge in [0.1, 0.15) is 11.2 Å². The molecule has 1 aromatic heterocycles. The van der Waals surface area contributed by atoms with Gasteiger partial charge in [0.05, 0.1) is 5.69 Å². The minimum Gasteiger partial charge on any atom is -0.456 e. The summed E-state index contributed by atoms with van der Waals surface area (Å²) in [6, 6.07) is 54.7. The van der Waals surface area contributed by atoms with Gasteiger partial charge in [-0.25, -0.2) is 0 Å². The highest BCUT2D eigenvalue weighted by Gasteiger charge is 2.35. The second-order valence-electron chi connectivity index (χ2n) is 12.6. The van der Waals surface area contributed by atoms with Crippen LogP contribution in [0.15, 0.2) is 156 Å². The molecule has 0 unspecified atom stereocenters. The van der Waals surface area contributed by atoms with Crippen molar-refractivity contribution in [3.05, 3.63) is 163 Å². The quantitative estimate of drug-likeness (QED) is 0.207. The molecular formula is C43H31NO. The maximum Gasteiger partial charge on any atom is 0.138 e. The van der Waals surface area contributed by atoms with Crippen molar-refractivity contribution >= 4 is 49.8 Å². The van der Waals surface area contributed by atoms with Gasteiger partial charge in [-0.2, -0.15) is 0 Å². The average molecular weight is 578 g/mol. The minimum absolute atomic E-state index is 0.0491. The zero-order valence-electron chi connectivity index (χ0n) is 25.3. The molecule has 9 rings (SSSR count). The second kappa shape index (κ2) is 9.70. The lowest BCUT2D eigenvalue weighted by atomic mass is 9.82. The maximum absolute atomic E-state index is 6.52. The lowest BCUT2D eigenvalue weighted by molar-refractivity contribution is 0.660.